The fraction of sp³-hybridized carbons (Fsp3) is 0. The monoisotopic (exact) mass is 794 g/mol. The van der Waals surface area contributed by atoms with Crippen molar-refractivity contribution in [2.75, 3.05) is 0 Å². The lowest BCUT2D eigenvalue weighted by molar-refractivity contribution is 1.10. The lowest BCUT2D eigenvalue weighted by Gasteiger charge is -2.15. The molecular weight excluding hydrogens is 773 g/mol. The first-order valence-electron chi connectivity index (χ1n) is 18.9. The van der Waals surface area contributed by atoms with E-state index in [1.807, 2.05) is 146 Å². The largest absolute Gasteiger partial charge is 0.239 e. The van der Waals surface area contributed by atoms with Crippen LogP contribution in [0.25, 0.3) is 101 Å². The highest BCUT2D eigenvalue weighted by Crippen LogP contribution is 2.39. The number of fused-ring (bicyclic) bond motifs is 6. The summed E-state index contributed by atoms with van der Waals surface area (Å²) in [5.74, 6) is -0.382. The maximum Gasteiger partial charge on any atom is 0.234 e. The molecule has 0 amide bonds. The Morgan fingerprint density at radius 3 is 0.871 bits per heavy atom. The summed E-state index contributed by atoms with van der Waals surface area (Å²) in [7, 11) is 0. The van der Waals surface area contributed by atoms with Crippen molar-refractivity contribution in [1.29, 1.82) is 21.0 Å². The van der Waals surface area contributed by atoms with Crippen LogP contribution in [0.4, 0.5) is 0 Å². The van der Waals surface area contributed by atoms with E-state index < -0.39 is 0 Å². The fourth-order valence-corrected chi connectivity index (χ4v) is 7.20. The van der Waals surface area contributed by atoms with Crippen molar-refractivity contribution >= 4 is 32.8 Å². The van der Waals surface area contributed by atoms with Crippen molar-refractivity contribution in [1.82, 2.24) is 49.8 Å². The molecule has 0 aliphatic heterocycles. The molecule has 0 fully saturated rings. The Morgan fingerprint density at radius 1 is 0.306 bits per heavy atom. The van der Waals surface area contributed by atoms with E-state index in [1.54, 1.807) is 0 Å². The van der Waals surface area contributed by atoms with Gasteiger partial charge in [0.1, 0.15) is 57.7 Å². The second kappa shape index (κ2) is 15.2. The molecule has 0 saturated heterocycles. The van der Waals surface area contributed by atoms with Crippen LogP contribution in [0.1, 0.15) is 23.0 Å². The second-order valence-corrected chi connectivity index (χ2v) is 13.7. The van der Waals surface area contributed by atoms with Crippen molar-refractivity contribution in [3.63, 3.8) is 0 Å². The van der Waals surface area contributed by atoms with Gasteiger partial charge >= 0.3 is 0 Å². The third kappa shape index (κ3) is 6.37. The van der Waals surface area contributed by atoms with E-state index in [4.69, 9.17) is 29.9 Å². The Hall–Kier alpha value is -9.76. The van der Waals surface area contributed by atoms with Gasteiger partial charge in [-0.3, -0.25) is 0 Å². The van der Waals surface area contributed by atoms with Crippen molar-refractivity contribution < 1.29 is 0 Å². The number of aromatic nitrogens is 10. The number of rotatable bonds is 6. The van der Waals surface area contributed by atoms with Crippen LogP contribution in [0.2, 0.25) is 0 Å². The highest BCUT2D eigenvalue weighted by Gasteiger charge is 2.28. The molecule has 0 unspecified atom stereocenters. The zero-order valence-electron chi connectivity index (χ0n) is 32.0. The average Bonchev–Trinajstić information content (AvgIpc) is 3.35. The third-order valence-electron chi connectivity index (χ3n) is 9.98. The molecule has 5 aromatic carbocycles. The number of hydrogen-bond acceptors (Lipinski definition) is 14. The lowest BCUT2D eigenvalue weighted by atomic mass is 10.0. The molecule has 0 atom stereocenters. The maximum atomic E-state index is 10.5. The fourth-order valence-electron chi connectivity index (χ4n) is 7.20. The minimum atomic E-state index is -0.332. The molecule has 10 aromatic rings. The molecule has 0 saturated carbocycles. The van der Waals surface area contributed by atoms with Crippen LogP contribution >= 0.6 is 0 Å². The molecule has 0 aliphatic carbocycles. The minimum absolute atomic E-state index is 0.00313. The Balaban J connectivity index is 1.41. The standard InChI is InChI=1S/C48H22N14/c49-23-35-39-41(59-37(25-51)53-35)42-40(36(24-50)54-38(26-52)60-42)44-43(39)61-45(47-55-31(27-13-5-1-6-14-27)21-32(56-47)28-15-7-2-8-16-28)46(62-44)48-57-33(29-17-9-3-10-18-29)22-34(58-48)30-19-11-4-12-20-30/h1-22H. The molecule has 62 heavy (non-hydrogen) atoms. The molecule has 14 nitrogen and oxygen atoms in total. The number of benzene rings is 5. The summed E-state index contributed by atoms with van der Waals surface area (Å²) in [5, 5.41) is 41.1. The van der Waals surface area contributed by atoms with Crippen LogP contribution in [0.3, 0.4) is 0 Å². The molecular formula is C48H22N14. The normalized spacial score (nSPS) is 10.8. The number of nitriles is 4. The van der Waals surface area contributed by atoms with Gasteiger partial charge in [-0.25, -0.2) is 49.8 Å². The van der Waals surface area contributed by atoms with Gasteiger partial charge in [-0.15, -0.1) is 0 Å². The van der Waals surface area contributed by atoms with Gasteiger partial charge in [-0.05, 0) is 12.1 Å². The smallest absolute Gasteiger partial charge is 0.234 e. The molecule has 0 aliphatic rings. The van der Waals surface area contributed by atoms with Gasteiger partial charge in [0, 0.05) is 22.3 Å². The van der Waals surface area contributed by atoms with Crippen LogP contribution in [0.5, 0.6) is 0 Å². The van der Waals surface area contributed by atoms with E-state index in [0.29, 0.717) is 22.8 Å². The summed E-state index contributed by atoms with van der Waals surface area (Å²) in [6.07, 6.45) is 0. The van der Waals surface area contributed by atoms with Crippen LogP contribution in [0.15, 0.2) is 133 Å². The molecule has 284 valence electrons. The van der Waals surface area contributed by atoms with Gasteiger partial charge < -0.3 is 0 Å². The first kappa shape index (κ1) is 36.6. The van der Waals surface area contributed by atoms with Crippen LogP contribution in [-0.2, 0) is 0 Å². The molecule has 0 N–H and O–H groups in total. The Labute approximate surface area is 351 Å². The number of hydrogen-bond donors (Lipinski definition) is 0. The summed E-state index contributed by atoms with van der Waals surface area (Å²) in [4.78, 5) is 48.3. The van der Waals surface area contributed by atoms with E-state index >= 15 is 0 Å². The zero-order valence-corrected chi connectivity index (χ0v) is 32.0. The Bertz CT molecular complexity index is 3260. The highest BCUT2D eigenvalue weighted by molar-refractivity contribution is 6.23. The van der Waals surface area contributed by atoms with Gasteiger partial charge in [0.2, 0.25) is 11.6 Å². The Kier molecular flexibility index (Phi) is 8.97. The predicted octanol–water partition coefficient (Wildman–Crippen LogP) is 8.58. The summed E-state index contributed by atoms with van der Waals surface area (Å²) >= 11 is 0. The average molecular weight is 795 g/mol. The topological polar surface area (TPSA) is 224 Å². The predicted molar refractivity (Wildman–Crippen MR) is 228 cm³/mol. The highest BCUT2D eigenvalue weighted by atomic mass is 15.0. The van der Waals surface area contributed by atoms with Crippen molar-refractivity contribution in [3.05, 3.63) is 156 Å². The first-order valence-corrected chi connectivity index (χ1v) is 18.9. The summed E-state index contributed by atoms with van der Waals surface area (Å²) in [6, 6.07) is 50.2. The molecule has 0 radical (unpaired) electrons. The summed E-state index contributed by atoms with van der Waals surface area (Å²) < 4.78 is 0. The van der Waals surface area contributed by atoms with Gasteiger partial charge in [-0.2, -0.15) is 21.0 Å². The van der Waals surface area contributed by atoms with E-state index in [1.165, 1.54) is 0 Å². The van der Waals surface area contributed by atoms with E-state index in [0.717, 1.165) is 22.3 Å². The minimum Gasteiger partial charge on any atom is -0.239 e. The zero-order chi connectivity index (χ0) is 42.2. The van der Waals surface area contributed by atoms with Crippen LogP contribution < -0.4 is 0 Å². The van der Waals surface area contributed by atoms with Crippen LogP contribution in [0, 0.1) is 45.3 Å². The summed E-state index contributed by atoms with van der Waals surface area (Å²) in [6.45, 7) is 0. The first-order chi connectivity index (χ1) is 30.5. The van der Waals surface area contributed by atoms with Crippen LogP contribution in [-0.4, -0.2) is 49.8 Å². The maximum absolute atomic E-state index is 10.5. The SMILES string of the molecule is N#Cc1nc(C#N)c2c(n1)c1nc(C#N)nc(C#N)c1c1nc(-c3nc(-c4ccccc4)cc(-c4ccccc4)n3)c(-c3nc(-c4ccccc4)cc(-c4ccccc4)n3)nc12. The Morgan fingerprint density at radius 2 is 0.597 bits per heavy atom. The van der Waals surface area contributed by atoms with E-state index in [9.17, 15) is 21.0 Å². The third-order valence-corrected chi connectivity index (χ3v) is 9.98. The molecule has 10 rings (SSSR count). The molecule has 0 spiro atoms. The van der Waals surface area contributed by atoms with Gasteiger partial charge in [0.05, 0.1) is 33.5 Å². The molecule has 14 heteroatoms. The second-order valence-electron chi connectivity index (χ2n) is 13.7. The summed E-state index contributed by atoms with van der Waals surface area (Å²) in [5.41, 5.74) is 5.51. The van der Waals surface area contributed by atoms with E-state index in [2.05, 4.69) is 32.1 Å². The molecule has 0 bridgehead atoms. The molecule has 5 heterocycles. The van der Waals surface area contributed by atoms with Crippen molar-refractivity contribution in [2.24, 2.45) is 0 Å². The van der Waals surface area contributed by atoms with E-state index in [-0.39, 0.29) is 78.9 Å². The molecule has 5 aromatic heterocycles. The van der Waals surface area contributed by atoms with Crippen molar-refractivity contribution in [2.45, 2.75) is 0 Å². The van der Waals surface area contributed by atoms with Gasteiger partial charge in [0.25, 0.3) is 0 Å². The number of nitrogens with zero attached hydrogens (tertiary/aromatic N) is 14. The quantitative estimate of drug-likeness (QED) is 0.144. The lowest BCUT2D eigenvalue weighted by Crippen LogP contribution is -2.07. The van der Waals surface area contributed by atoms with Crippen molar-refractivity contribution in [3.8, 4) is 92.3 Å². The van der Waals surface area contributed by atoms with Gasteiger partial charge in [0.15, 0.2) is 23.0 Å². The van der Waals surface area contributed by atoms with Gasteiger partial charge in [-0.1, -0.05) is 121 Å².